The van der Waals surface area contributed by atoms with E-state index in [4.69, 9.17) is 9.47 Å². The van der Waals surface area contributed by atoms with Gasteiger partial charge in [-0.15, -0.1) is 0 Å². The summed E-state index contributed by atoms with van der Waals surface area (Å²) in [4.78, 5) is 39.0. The number of carbonyl (C=O) groups excluding carboxylic acids is 3. The van der Waals surface area contributed by atoms with Crippen molar-refractivity contribution in [3.05, 3.63) is 23.8 Å². The number of likely N-dealkylation sites (tertiary alicyclic amines) is 1. The fourth-order valence-electron chi connectivity index (χ4n) is 3.44. The molecule has 2 saturated heterocycles. The quantitative estimate of drug-likeness (QED) is 0.757. The Kier molecular flexibility index (Phi) is 5.29. The number of rotatable bonds is 6. The summed E-state index contributed by atoms with van der Waals surface area (Å²) in [6.45, 7) is 0.999. The van der Waals surface area contributed by atoms with E-state index in [1.807, 2.05) is 12.1 Å². The molecule has 2 fully saturated rings. The lowest BCUT2D eigenvalue weighted by Gasteiger charge is -2.21. The lowest BCUT2D eigenvalue weighted by Crippen LogP contribution is -2.42. The van der Waals surface area contributed by atoms with Crippen LogP contribution in [0.5, 0.6) is 11.5 Å². The zero-order valence-electron chi connectivity index (χ0n) is 15.0. The van der Waals surface area contributed by atoms with Crippen molar-refractivity contribution in [3.8, 4) is 11.5 Å². The van der Waals surface area contributed by atoms with E-state index in [1.165, 1.54) is 4.90 Å². The molecule has 2 aliphatic heterocycles. The van der Waals surface area contributed by atoms with E-state index in [2.05, 4.69) is 5.32 Å². The summed E-state index contributed by atoms with van der Waals surface area (Å²) in [6.07, 6.45) is 1.52. The van der Waals surface area contributed by atoms with Crippen LogP contribution < -0.4 is 14.8 Å². The maximum absolute atomic E-state index is 12.5. The number of aryl methyl sites for hydroxylation is 1. The Labute approximate surface area is 152 Å². The SMILES string of the molecule is COc1ccc(CCC(=O)N2CCC(N3C(=O)CNC3=O)C2)c(OC)c1. The average Bonchev–Trinajstić information content (AvgIpc) is 3.26. The van der Waals surface area contributed by atoms with Crippen LogP contribution in [0.4, 0.5) is 4.79 Å². The smallest absolute Gasteiger partial charge is 0.324 e. The summed E-state index contributed by atoms with van der Waals surface area (Å²) in [5.74, 6) is 1.18. The van der Waals surface area contributed by atoms with E-state index in [9.17, 15) is 14.4 Å². The van der Waals surface area contributed by atoms with Gasteiger partial charge < -0.3 is 19.7 Å². The molecule has 0 bridgehead atoms. The lowest BCUT2D eigenvalue weighted by atomic mass is 10.1. The number of hydrogen-bond acceptors (Lipinski definition) is 5. The van der Waals surface area contributed by atoms with Gasteiger partial charge in [-0.05, 0) is 24.5 Å². The Morgan fingerprint density at radius 3 is 2.73 bits per heavy atom. The fraction of sp³-hybridized carbons (Fsp3) is 0.500. The topological polar surface area (TPSA) is 88.2 Å². The zero-order chi connectivity index (χ0) is 18.7. The molecule has 0 aliphatic carbocycles. The molecule has 1 atom stereocenters. The average molecular weight is 361 g/mol. The van der Waals surface area contributed by atoms with Crippen LogP contribution in [0, 0.1) is 0 Å². The van der Waals surface area contributed by atoms with Gasteiger partial charge in [0.25, 0.3) is 0 Å². The van der Waals surface area contributed by atoms with Gasteiger partial charge >= 0.3 is 6.03 Å². The molecule has 1 unspecified atom stereocenters. The first kappa shape index (κ1) is 18.0. The number of benzene rings is 1. The van der Waals surface area contributed by atoms with E-state index in [0.29, 0.717) is 43.9 Å². The standard InChI is InChI=1S/C18H23N3O5/c1-25-14-5-3-12(15(9-14)26-2)4-6-16(22)20-8-7-13(11-20)21-17(23)10-19-18(21)24/h3,5,9,13H,4,6-8,10-11H2,1-2H3,(H,19,24). The third-order valence-corrected chi connectivity index (χ3v) is 4.86. The molecule has 1 N–H and O–H groups in total. The van der Waals surface area contributed by atoms with Crippen molar-refractivity contribution in [3.63, 3.8) is 0 Å². The van der Waals surface area contributed by atoms with E-state index in [0.717, 1.165) is 5.56 Å². The van der Waals surface area contributed by atoms with Crippen LogP contribution in [0.1, 0.15) is 18.4 Å². The second-order valence-electron chi connectivity index (χ2n) is 6.38. The maximum Gasteiger partial charge on any atom is 0.324 e. The summed E-state index contributed by atoms with van der Waals surface area (Å²) in [7, 11) is 3.18. The van der Waals surface area contributed by atoms with Gasteiger partial charge in [-0.25, -0.2) is 4.79 Å². The largest absolute Gasteiger partial charge is 0.497 e. The molecule has 8 heteroatoms. The molecule has 26 heavy (non-hydrogen) atoms. The fourth-order valence-corrected chi connectivity index (χ4v) is 3.44. The molecule has 8 nitrogen and oxygen atoms in total. The van der Waals surface area contributed by atoms with Crippen LogP contribution in [0.15, 0.2) is 18.2 Å². The summed E-state index contributed by atoms with van der Waals surface area (Å²) in [6, 6.07) is 4.93. The Morgan fingerprint density at radius 2 is 2.08 bits per heavy atom. The Hall–Kier alpha value is -2.77. The van der Waals surface area contributed by atoms with E-state index < -0.39 is 0 Å². The van der Waals surface area contributed by atoms with Gasteiger partial charge in [0, 0.05) is 25.6 Å². The molecule has 3 rings (SSSR count). The summed E-state index contributed by atoms with van der Waals surface area (Å²) in [5, 5.41) is 2.52. The summed E-state index contributed by atoms with van der Waals surface area (Å²) < 4.78 is 10.5. The minimum atomic E-state index is -0.364. The van der Waals surface area contributed by atoms with Crippen LogP contribution in [-0.2, 0) is 16.0 Å². The summed E-state index contributed by atoms with van der Waals surface area (Å²) >= 11 is 0. The van der Waals surface area contributed by atoms with Crippen molar-refractivity contribution >= 4 is 17.8 Å². The van der Waals surface area contributed by atoms with Gasteiger partial charge in [-0.1, -0.05) is 6.07 Å². The zero-order valence-corrected chi connectivity index (χ0v) is 15.0. The Balaban J connectivity index is 1.56. The van der Waals surface area contributed by atoms with Crippen molar-refractivity contribution < 1.29 is 23.9 Å². The molecule has 4 amide bonds. The van der Waals surface area contributed by atoms with E-state index >= 15 is 0 Å². The number of methoxy groups -OCH3 is 2. The number of nitrogens with one attached hydrogen (secondary N) is 1. The molecule has 2 aliphatic rings. The van der Waals surface area contributed by atoms with Crippen molar-refractivity contribution in [2.24, 2.45) is 0 Å². The maximum atomic E-state index is 12.5. The van der Waals surface area contributed by atoms with Gasteiger partial charge in [-0.3, -0.25) is 14.5 Å². The molecular weight excluding hydrogens is 338 g/mol. The lowest BCUT2D eigenvalue weighted by molar-refractivity contribution is -0.131. The number of urea groups is 1. The van der Waals surface area contributed by atoms with Gasteiger partial charge in [0.1, 0.15) is 11.5 Å². The molecule has 0 saturated carbocycles. The molecule has 0 radical (unpaired) electrons. The molecule has 0 spiro atoms. The van der Waals surface area contributed by atoms with Crippen LogP contribution in [0.3, 0.4) is 0 Å². The molecule has 140 valence electrons. The van der Waals surface area contributed by atoms with Crippen molar-refractivity contribution in [2.45, 2.75) is 25.3 Å². The number of imide groups is 1. The van der Waals surface area contributed by atoms with Crippen molar-refractivity contribution in [2.75, 3.05) is 33.9 Å². The number of amides is 4. The normalized spacial score (nSPS) is 19.7. The second-order valence-corrected chi connectivity index (χ2v) is 6.38. The van der Waals surface area contributed by atoms with Crippen LogP contribution in [-0.4, -0.2) is 67.5 Å². The highest BCUT2D eigenvalue weighted by atomic mass is 16.5. The van der Waals surface area contributed by atoms with E-state index in [-0.39, 0.29) is 30.4 Å². The Bertz CT molecular complexity index is 705. The molecule has 2 heterocycles. The van der Waals surface area contributed by atoms with Gasteiger partial charge in [-0.2, -0.15) is 0 Å². The highest BCUT2D eigenvalue weighted by Crippen LogP contribution is 2.26. The van der Waals surface area contributed by atoms with Gasteiger partial charge in [0.05, 0.1) is 26.8 Å². The van der Waals surface area contributed by atoms with Crippen LogP contribution in [0.25, 0.3) is 0 Å². The summed E-state index contributed by atoms with van der Waals surface area (Å²) in [5.41, 5.74) is 0.937. The number of carbonyl (C=O) groups is 3. The minimum Gasteiger partial charge on any atom is -0.497 e. The molecule has 1 aromatic carbocycles. The van der Waals surface area contributed by atoms with Crippen molar-refractivity contribution in [1.29, 1.82) is 0 Å². The minimum absolute atomic E-state index is 0.0115. The highest BCUT2D eigenvalue weighted by molar-refractivity contribution is 6.02. The monoisotopic (exact) mass is 361 g/mol. The highest BCUT2D eigenvalue weighted by Gasteiger charge is 2.39. The third-order valence-electron chi connectivity index (χ3n) is 4.86. The van der Waals surface area contributed by atoms with Crippen LogP contribution in [0.2, 0.25) is 0 Å². The first-order chi connectivity index (χ1) is 12.5. The van der Waals surface area contributed by atoms with Gasteiger partial charge in [0.15, 0.2) is 0 Å². The number of nitrogens with zero attached hydrogens (tertiary/aromatic N) is 2. The predicted molar refractivity (Wildman–Crippen MR) is 93.1 cm³/mol. The molecule has 0 aromatic heterocycles. The number of hydrogen-bond donors (Lipinski definition) is 1. The second kappa shape index (κ2) is 7.63. The Morgan fingerprint density at radius 1 is 1.27 bits per heavy atom. The van der Waals surface area contributed by atoms with Crippen molar-refractivity contribution in [1.82, 2.24) is 15.1 Å². The van der Waals surface area contributed by atoms with Crippen LogP contribution >= 0.6 is 0 Å². The number of ether oxygens (including phenoxy) is 2. The predicted octanol–water partition coefficient (Wildman–Crippen LogP) is 0.789. The molecule has 1 aromatic rings. The molecular formula is C18H23N3O5. The first-order valence-corrected chi connectivity index (χ1v) is 8.62. The third kappa shape index (κ3) is 3.58. The van der Waals surface area contributed by atoms with E-state index in [1.54, 1.807) is 25.2 Å². The van der Waals surface area contributed by atoms with Gasteiger partial charge in [0.2, 0.25) is 11.8 Å². The first-order valence-electron chi connectivity index (χ1n) is 8.62.